The molecule has 0 unspecified atom stereocenters. The van der Waals surface area contributed by atoms with Crippen molar-refractivity contribution in [1.82, 2.24) is 15.1 Å². The normalized spacial score (nSPS) is 14.6. The standard InChI is InChI=1S/C22H18ClN5O4S/c1-2-31-17-10-14(11-24-27-22-26-19(29)13-33-22)8-9-16(17)32-18-12-25-28(21(30)20(18)23)15-6-4-3-5-7-15/h3-12H,2,13H2,1H3,(H,26,27,29). The first-order valence-electron chi connectivity index (χ1n) is 9.87. The number of halogens is 1. The van der Waals surface area contributed by atoms with Crippen molar-refractivity contribution in [3.05, 3.63) is 75.7 Å². The Morgan fingerprint density at radius 3 is 2.73 bits per heavy atom. The maximum absolute atomic E-state index is 12.7. The van der Waals surface area contributed by atoms with Crippen molar-refractivity contribution >= 4 is 40.7 Å². The summed E-state index contributed by atoms with van der Waals surface area (Å²) in [5.41, 5.74) is 0.792. The lowest BCUT2D eigenvalue weighted by molar-refractivity contribution is -0.116. The molecule has 1 N–H and O–H groups in total. The van der Waals surface area contributed by atoms with Crippen molar-refractivity contribution in [2.45, 2.75) is 6.92 Å². The van der Waals surface area contributed by atoms with E-state index in [0.717, 1.165) is 0 Å². The zero-order valence-electron chi connectivity index (χ0n) is 17.4. The lowest BCUT2D eigenvalue weighted by Crippen LogP contribution is -2.21. The van der Waals surface area contributed by atoms with Crippen LogP contribution in [-0.2, 0) is 4.79 Å². The number of hydrogen-bond acceptors (Lipinski definition) is 8. The summed E-state index contributed by atoms with van der Waals surface area (Å²) in [6.45, 7) is 2.23. The molecule has 4 rings (SSSR count). The second kappa shape index (κ2) is 10.3. The largest absolute Gasteiger partial charge is 0.490 e. The molecule has 9 nitrogen and oxygen atoms in total. The van der Waals surface area contributed by atoms with E-state index in [0.29, 0.717) is 40.3 Å². The van der Waals surface area contributed by atoms with E-state index in [1.54, 1.807) is 42.5 Å². The Bertz CT molecular complexity index is 1290. The molecule has 2 aromatic carbocycles. The van der Waals surface area contributed by atoms with Crippen molar-refractivity contribution in [1.29, 1.82) is 0 Å². The number of hydrogen-bond donors (Lipinski definition) is 1. The van der Waals surface area contributed by atoms with Gasteiger partial charge in [0.15, 0.2) is 27.4 Å². The number of thioether (sulfide) groups is 1. The number of rotatable bonds is 7. The number of nitrogens with one attached hydrogen (secondary N) is 1. The molecule has 0 saturated carbocycles. The minimum absolute atomic E-state index is 0.0985. The minimum atomic E-state index is -0.502. The molecule has 1 aliphatic heterocycles. The SMILES string of the molecule is CCOc1cc(C=NN=C2NC(=O)CS2)ccc1Oc1cnn(-c2ccccc2)c(=O)c1Cl. The molecule has 11 heteroatoms. The van der Waals surface area contributed by atoms with E-state index in [4.69, 9.17) is 21.1 Å². The van der Waals surface area contributed by atoms with E-state index >= 15 is 0 Å². The molecule has 1 aromatic heterocycles. The third-order valence-corrected chi connectivity index (χ3v) is 5.53. The van der Waals surface area contributed by atoms with Gasteiger partial charge in [-0.3, -0.25) is 9.59 Å². The molecule has 0 spiro atoms. The van der Waals surface area contributed by atoms with Crippen LogP contribution in [0.5, 0.6) is 17.2 Å². The Balaban J connectivity index is 1.57. The van der Waals surface area contributed by atoms with Gasteiger partial charge in [-0.15, -0.1) is 5.10 Å². The topological polar surface area (TPSA) is 107 Å². The summed E-state index contributed by atoms with van der Waals surface area (Å²) in [6, 6.07) is 14.1. The maximum atomic E-state index is 12.7. The van der Waals surface area contributed by atoms with Crippen LogP contribution in [0.1, 0.15) is 12.5 Å². The third kappa shape index (κ3) is 5.41. The monoisotopic (exact) mass is 483 g/mol. The quantitative estimate of drug-likeness (QED) is 0.406. The van der Waals surface area contributed by atoms with Gasteiger partial charge in [-0.1, -0.05) is 41.6 Å². The van der Waals surface area contributed by atoms with Gasteiger partial charge in [-0.2, -0.15) is 14.9 Å². The van der Waals surface area contributed by atoms with E-state index in [9.17, 15) is 9.59 Å². The first-order chi connectivity index (χ1) is 16.0. The highest BCUT2D eigenvalue weighted by atomic mass is 35.5. The zero-order valence-corrected chi connectivity index (χ0v) is 19.0. The van der Waals surface area contributed by atoms with Gasteiger partial charge in [0.2, 0.25) is 5.91 Å². The Kier molecular flexibility index (Phi) is 7.06. The molecule has 0 aliphatic carbocycles. The molecule has 0 bridgehead atoms. The second-order valence-corrected chi connectivity index (χ2v) is 7.95. The lowest BCUT2D eigenvalue weighted by Gasteiger charge is -2.13. The van der Waals surface area contributed by atoms with Crippen molar-refractivity contribution < 1.29 is 14.3 Å². The molecule has 3 aromatic rings. The molecule has 1 amide bonds. The lowest BCUT2D eigenvalue weighted by atomic mass is 10.2. The number of nitrogens with zero attached hydrogens (tertiary/aromatic N) is 4. The summed E-state index contributed by atoms with van der Waals surface area (Å²) >= 11 is 7.58. The van der Waals surface area contributed by atoms with E-state index < -0.39 is 5.56 Å². The molecule has 2 heterocycles. The van der Waals surface area contributed by atoms with Crippen molar-refractivity contribution in [3.8, 4) is 22.9 Å². The molecule has 0 atom stereocenters. The highest BCUT2D eigenvalue weighted by Crippen LogP contribution is 2.34. The van der Waals surface area contributed by atoms with Crippen LogP contribution in [0.4, 0.5) is 0 Å². The Hall–Kier alpha value is -3.63. The van der Waals surface area contributed by atoms with Gasteiger partial charge in [0, 0.05) is 0 Å². The van der Waals surface area contributed by atoms with Crippen LogP contribution < -0.4 is 20.3 Å². The summed E-state index contributed by atoms with van der Waals surface area (Å²) in [7, 11) is 0. The predicted molar refractivity (Wildman–Crippen MR) is 128 cm³/mol. The van der Waals surface area contributed by atoms with Crippen LogP contribution in [0, 0.1) is 0 Å². The van der Waals surface area contributed by atoms with Gasteiger partial charge >= 0.3 is 0 Å². The summed E-state index contributed by atoms with van der Waals surface area (Å²) < 4.78 is 12.7. The highest BCUT2D eigenvalue weighted by Gasteiger charge is 2.17. The highest BCUT2D eigenvalue weighted by molar-refractivity contribution is 8.15. The number of carbonyl (C=O) groups excluding carboxylic acids is 1. The first kappa shape index (κ1) is 22.6. The summed E-state index contributed by atoms with van der Waals surface area (Å²) in [4.78, 5) is 23.9. The second-order valence-electron chi connectivity index (χ2n) is 6.60. The Morgan fingerprint density at radius 1 is 1.18 bits per heavy atom. The van der Waals surface area contributed by atoms with Crippen LogP contribution in [0.2, 0.25) is 5.02 Å². The van der Waals surface area contributed by atoms with Crippen LogP contribution in [-0.4, -0.2) is 39.4 Å². The predicted octanol–water partition coefficient (Wildman–Crippen LogP) is 3.63. The molecule has 168 valence electrons. The summed E-state index contributed by atoms with van der Waals surface area (Å²) in [6.07, 6.45) is 2.91. The number of amidine groups is 1. The summed E-state index contributed by atoms with van der Waals surface area (Å²) in [5, 5.41) is 15.1. The van der Waals surface area contributed by atoms with E-state index in [2.05, 4.69) is 20.6 Å². The molecule has 0 radical (unpaired) electrons. The van der Waals surface area contributed by atoms with Crippen molar-refractivity contribution in [2.24, 2.45) is 10.2 Å². The van der Waals surface area contributed by atoms with Crippen LogP contribution in [0.25, 0.3) is 5.69 Å². The summed E-state index contributed by atoms with van der Waals surface area (Å²) in [5.74, 6) is 1.14. The molecular weight excluding hydrogens is 466 g/mol. The fourth-order valence-corrected chi connectivity index (χ4v) is 3.64. The molecule has 1 aliphatic rings. The van der Waals surface area contributed by atoms with Crippen molar-refractivity contribution in [3.63, 3.8) is 0 Å². The number of benzene rings is 2. The Morgan fingerprint density at radius 2 is 2.00 bits per heavy atom. The van der Waals surface area contributed by atoms with Crippen LogP contribution in [0.3, 0.4) is 0 Å². The number of amides is 1. The van der Waals surface area contributed by atoms with Gasteiger partial charge < -0.3 is 14.8 Å². The number of aromatic nitrogens is 2. The van der Waals surface area contributed by atoms with Crippen molar-refractivity contribution in [2.75, 3.05) is 12.4 Å². The van der Waals surface area contributed by atoms with Gasteiger partial charge in [0.25, 0.3) is 5.56 Å². The van der Waals surface area contributed by atoms with Gasteiger partial charge in [0.05, 0.1) is 30.5 Å². The average Bonchev–Trinajstić information content (AvgIpc) is 3.24. The van der Waals surface area contributed by atoms with E-state index in [-0.39, 0.29) is 16.7 Å². The van der Waals surface area contributed by atoms with Crippen LogP contribution in [0.15, 0.2) is 69.7 Å². The first-order valence-corrected chi connectivity index (χ1v) is 11.2. The van der Waals surface area contributed by atoms with E-state index in [1.165, 1.54) is 28.9 Å². The molecule has 1 saturated heterocycles. The third-order valence-electron chi connectivity index (χ3n) is 4.32. The molecular formula is C22H18ClN5O4S. The number of ether oxygens (including phenoxy) is 2. The van der Waals surface area contributed by atoms with Gasteiger partial charge in [-0.05, 0) is 42.8 Å². The zero-order chi connectivity index (χ0) is 23.2. The van der Waals surface area contributed by atoms with Crippen LogP contribution >= 0.6 is 23.4 Å². The fraction of sp³-hybridized carbons (Fsp3) is 0.136. The Labute approximate surface area is 198 Å². The molecule has 33 heavy (non-hydrogen) atoms. The minimum Gasteiger partial charge on any atom is -0.490 e. The number of carbonyl (C=O) groups is 1. The smallest absolute Gasteiger partial charge is 0.294 e. The maximum Gasteiger partial charge on any atom is 0.294 e. The fourth-order valence-electron chi connectivity index (χ4n) is 2.85. The van der Waals surface area contributed by atoms with Gasteiger partial charge in [0.1, 0.15) is 0 Å². The van der Waals surface area contributed by atoms with E-state index in [1.807, 2.05) is 13.0 Å². The average molecular weight is 484 g/mol. The van der Waals surface area contributed by atoms with Gasteiger partial charge in [-0.25, -0.2) is 0 Å². The molecule has 1 fully saturated rings. The number of para-hydroxylation sites is 1.